The van der Waals surface area contributed by atoms with Crippen LogP contribution in [-0.2, 0) is 10.8 Å². The lowest BCUT2D eigenvalue weighted by molar-refractivity contribution is 0.661. The zero-order valence-corrected chi connectivity index (χ0v) is 31.0. The predicted molar refractivity (Wildman–Crippen MR) is 231 cm³/mol. The van der Waals surface area contributed by atoms with Crippen molar-refractivity contribution in [3.05, 3.63) is 234 Å². The van der Waals surface area contributed by atoms with Crippen LogP contribution in [-0.4, -0.2) is 0 Å². The third-order valence-electron chi connectivity index (χ3n) is 12.5. The molecule has 2 aliphatic carbocycles. The monoisotopic (exact) mass is 701 g/mol. The summed E-state index contributed by atoms with van der Waals surface area (Å²) in [6.07, 6.45) is 0. The molecular weight excluding hydrogens is 663 g/mol. The van der Waals surface area contributed by atoms with Gasteiger partial charge in [0, 0.05) is 16.8 Å². The van der Waals surface area contributed by atoms with E-state index < -0.39 is 5.41 Å². The van der Waals surface area contributed by atoms with Gasteiger partial charge >= 0.3 is 0 Å². The van der Waals surface area contributed by atoms with Crippen LogP contribution in [0.4, 0.5) is 17.1 Å². The maximum Gasteiger partial charge on any atom is 0.0714 e. The summed E-state index contributed by atoms with van der Waals surface area (Å²) in [6.45, 7) is 4.78. The second-order valence-electron chi connectivity index (χ2n) is 15.7. The van der Waals surface area contributed by atoms with Gasteiger partial charge in [-0.15, -0.1) is 0 Å². The van der Waals surface area contributed by atoms with E-state index in [9.17, 15) is 0 Å². The van der Waals surface area contributed by atoms with Crippen molar-refractivity contribution in [2.75, 3.05) is 4.90 Å². The van der Waals surface area contributed by atoms with Crippen LogP contribution in [0, 0.1) is 0 Å². The summed E-state index contributed by atoms with van der Waals surface area (Å²) < 4.78 is 0. The van der Waals surface area contributed by atoms with Crippen LogP contribution in [0.5, 0.6) is 0 Å². The zero-order chi connectivity index (χ0) is 36.7. The summed E-state index contributed by atoms with van der Waals surface area (Å²) in [5.74, 6) is 0. The highest BCUT2D eigenvalue weighted by atomic mass is 15.1. The van der Waals surface area contributed by atoms with Crippen molar-refractivity contribution in [3.8, 4) is 22.3 Å². The molecule has 9 aromatic rings. The van der Waals surface area contributed by atoms with Gasteiger partial charge in [0.2, 0.25) is 0 Å². The molecular formula is C54H39N. The van der Waals surface area contributed by atoms with E-state index >= 15 is 0 Å². The number of anilines is 3. The molecule has 0 radical (unpaired) electrons. The Balaban J connectivity index is 1.20. The third kappa shape index (κ3) is 4.47. The van der Waals surface area contributed by atoms with Crippen molar-refractivity contribution in [2.45, 2.75) is 24.7 Å². The molecule has 2 aliphatic rings. The van der Waals surface area contributed by atoms with Gasteiger partial charge in [0.1, 0.15) is 0 Å². The number of fused-ring (bicyclic) bond motifs is 9. The number of hydrogen-bond acceptors (Lipinski definition) is 1. The molecule has 0 aliphatic heterocycles. The number of rotatable bonds is 5. The van der Waals surface area contributed by atoms with Gasteiger partial charge in [-0.25, -0.2) is 0 Å². The van der Waals surface area contributed by atoms with Crippen molar-refractivity contribution >= 4 is 38.6 Å². The number of hydrogen-bond donors (Lipinski definition) is 0. The Hall–Kier alpha value is -6.70. The fourth-order valence-electron chi connectivity index (χ4n) is 10.2. The lowest BCUT2D eigenvalue weighted by Crippen LogP contribution is -2.29. The maximum atomic E-state index is 2.52. The van der Waals surface area contributed by atoms with E-state index in [4.69, 9.17) is 0 Å². The molecule has 0 heterocycles. The molecule has 55 heavy (non-hydrogen) atoms. The fraction of sp³-hybridized carbons (Fsp3) is 0.0741. The van der Waals surface area contributed by atoms with Crippen molar-refractivity contribution < 1.29 is 0 Å². The molecule has 0 unspecified atom stereocenters. The van der Waals surface area contributed by atoms with Crippen LogP contribution >= 0.6 is 0 Å². The summed E-state index contributed by atoms with van der Waals surface area (Å²) in [5.41, 5.74) is 15.9. The Morgan fingerprint density at radius 1 is 0.364 bits per heavy atom. The van der Waals surface area contributed by atoms with Crippen LogP contribution in [0.3, 0.4) is 0 Å². The molecule has 0 amide bonds. The van der Waals surface area contributed by atoms with Gasteiger partial charge in [-0.2, -0.15) is 0 Å². The quantitative estimate of drug-likeness (QED) is 0.162. The third-order valence-corrected chi connectivity index (χ3v) is 12.5. The summed E-state index contributed by atoms with van der Waals surface area (Å²) >= 11 is 0. The van der Waals surface area contributed by atoms with E-state index in [2.05, 4.69) is 219 Å². The van der Waals surface area contributed by atoms with Crippen LogP contribution in [0.2, 0.25) is 0 Å². The molecule has 260 valence electrons. The van der Waals surface area contributed by atoms with Crippen LogP contribution in [0.15, 0.2) is 200 Å². The van der Waals surface area contributed by atoms with Crippen LogP contribution in [0.25, 0.3) is 43.8 Å². The van der Waals surface area contributed by atoms with Gasteiger partial charge in [-0.05, 0) is 108 Å². The Kier molecular flexibility index (Phi) is 6.88. The summed E-state index contributed by atoms with van der Waals surface area (Å²) in [5, 5.41) is 5.03. The first kappa shape index (κ1) is 31.8. The SMILES string of the molecule is CC1(C)c2ccccc2-c2cccc(N(c3cccc(C4(c5ccccc5)c5ccccc5-c5ccccc54)c3)c3ccc4c(ccc5ccccc54)c3)c21. The van der Waals surface area contributed by atoms with Crippen LogP contribution < -0.4 is 4.90 Å². The first-order chi connectivity index (χ1) is 27.0. The van der Waals surface area contributed by atoms with Gasteiger partial charge < -0.3 is 4.90 Å². The Labute approximate surface area is 322 Å². The molecule has 11 rings (SSSR count). The highest BCUT2D eigenvalue weighted by Crippen LogP contribution is 2.58. The van der Waals surface area contributed by atoms with Gasteiger partial charge in [-0.3, -0.25) is 0 Å². The molecule has 9 aromatic carbocycles. The zero-order valence-electron chi connectivity index (χ0n) is 31.0. The van der Waals surface area contributed by atoms with Gasteiger partial charge in [0.15, 0.2) is 0 Å². The minimum absolute atomic E-state index is 0.194. The average Bonchev–Trinajstić information content (AvgIpc) is 3.68. The molecule has 0 bridgehead atoms. The standard InChI is InChI=1S/C54H39N/c1-53(2)48-26-11-8-24-46(48)47-25-15-29-51(52(47)53)55(41-32-33-43-37(34-41)31-30-36-16-6-7-21-42(36)43)40-20-14-19-39(35-40)54(38-17-4-3-5-18-38)49-27-12-9-22-44(49)45-23-10-13-28-50(45)54/h3-35H,1-2H3. The minimum Gasteiger partial charge on any atom is -0.310 e. The molecule has 0 atom stereocenters. The normalized spacial score (nSPS) is 14.3. The van der Waals surface area contributed by atoms with Crippen molar-refractivity contribution in [1.82, 2.24) is 0 Å². The second-order valence-corrected chi connectivity index (χ2v) is 15.7. The van der Waals surface area contributed by atoms with Gasteiger partial charge in [0.05, 0.1) is 11.1 Å². The van der Waals surface area contributed by atoms with Gasteiger partial charge in [-0.1, -0.05) is 184 Å². The molecule has 0 aromatic heterocycles. The highest BCUT2D eigenvalue weighted by Gasteiger charge is 2.46. The van der Waals surface area contributed by atoms with E-state index in [1.807, 2.05) is 0 Å². The smallest absolute Gasteiger partial charge is 0.0714 e. The number of benzene rings is 9. The summed E-state index contributed by atoms with van der Waals surface area (Å²) in [4.78, 5) is 2.52. The van der Waals surface area contributed by atoms with E-state index in [0.717, 1.165) is 11.4 Å². The van der Waals surface area contributed by atoms with Crippen molar-refractivity contribution in [2.24, 2.45) is 0 Å². The molecule has 0 N–H and O–H groups in total. The molecule has 0 saturated carbocycles. The Morgan fingerprint density at radius 2 is 0.909 bits per heavy atom. The second kappa shape index (κ2) is 11.9. The molecule has 0 saturated heterocycles. The molecule has 0 fully saturated rings. The van der Waals surface area contributed by atoms with Crippen molar-refractivity contribution in [1.29, 1.82) is 0 Å². The van der Waals surface area contributed by atoms with E-state index in [1.54, 1.807) is 0 Å². The lowest BCUT2D eigenvalue weighted by Gasteiger charge is -2.36. The van der Waals surface area contributed by atoms with Crippen LogP contribution in [0.1, 0.15) is 47.2 Å². The first-order valence-corrected chi connectivity index (χ1v) is 19.4. The van der Waals surface area contributed by atoms with E-state index in [-0.39, 0.29) is 5.41 Å². The Morgan fingerprint density at radius 3 is 1.67 bits per heavy atom. The maximum absolute atomic E-state index is 2.52. The Bertz CT molecular complexity index is 2920. The molecule has 1 heteroatoms. The van der Waals surface area contributed by atoms with Gasteiger partial charge in [0.25, 0.3) is 0 Å². The number of nitrogens with zero attached hydrogens (tertiary/aromatic N) is 1. The van der Waals surface area contributed by atoms with E-state index in [0.29, 0.717) is 0 Å². The highest BCUT2D eigenvalue weighted by molar-refractivity contribution is 6.08. The van der Waals surface area contributed by atoms with E-state index in [1.165, 1.54) is 82.9 Å². The lowest BCUT2D eigenvalue weighted by atomic mass is 9.67. The molecule has 0 spiro atoms. The first-order valence-electron chi connectivity index (χ1n) is 19.4. The minimum atomic E-state index is -0.493. The average molecular weight is 702 g/mol. The summed E-state index contributed by atoms with van der Waals surface area (Å²) in [7, 11) is 0. The molecule has 1 nitrogen and oxygen atoms in total. The topological polar surface area (TPSA) is 3.24 Å². The predicted octanol–water partition coefficient (Wildman–Crippen LogP) is 14.1. The largest absolute Gasteiger partial charge is 0.310 e. The fourth-order valence-corrected chi connectivity index (χ4v) is 10.2. The summed E-state index contributed by atoms with van der Waals surface area (Å²) in [6, 6.07) is 74.6. The van der Waals surface area contributed by atoms with Crippen molar-refractivity contribution in [3.63, 3.8) is 0 Å².